The molecule has 0 aromatic rings. The van der Waals surface area contributed by atoms with Crippen molar-refractivity contribution < 1.29 is 8.10 Å². The van der Waals surface area contributed by atoms with Gasteiger partial charge in [0.15, 0.2) is 23.0 Å². The average molecular weight is 202 g/mol. The molecule has 0 spiro atoms. The second-order valence-corrected chi connectivity index (χ2v) is 1.24. The molecule has 0 aromatic carbocycles. The summed E-state index contributed by atoms with van der Waals surface area (Å²) in [6.07, 6.45) is 1.00. The molecule has 0 fully saturated rings. The Labute approximate surface area is 51.4 Å². The summed E-state index contributed by atoms with van der Waals surface area (Å²) in [6, 6.07) is 0. The normalized spacial score (nSPS) is 9.00. The third-order valence-electron chi connectivity index (χ3n) is 0.332. The van der Waals surface area contributed by atoms with Crippen LogP contribution < -0.4 is 0 Å². The van der Waals surface area contributed by atoms with Crippen molar-refractivity contribution in [1.82, 2.24) is 0 Å². The second kappa shape index (κ2) is 5.65. The lowest BCUT2D eigenvalue weighted by atomic mass is 10.5. The Morgan fingerprint density at radius 1 is 1.67 bits per heavy atom. The first-order valence-electron chi connectivity index (χ1n) is 1.82. The Hall–Kier alpha value is 0.650. The van der Waals surface area contributed by atoms with E-state index in [1.54, 1.807) is 23.0 Å². The van der Waals surface area contributed by atoms with Gasteiger partial charge >= 0.3 is 0 Å². The quantitative estimate of drug-likeness (QED) is 0.300. The van der Waals surface area contributed by atoms with Crippen LogP contribution in [0, 0.1) is 0 Å². The van der Waals surface area contributed by atoms with Crippen LogP contribution in [0.4, 0.5) is 0 Å². The number of hydrogen-bond donors (Lipinski definition) is 0. The number of halogens is 1. The highest BCUT2D eigenvalue weighted by Gasteiger charge is 1.75. The second-order valence-electron chi connectivity index (χ2n) is 0.885. The Kier molecular flexibility index (Phi) is 6.26. The monoisotopic (exact) mass is 202 g/mol. The zero-order chi connectivity index (χ0) is 4.83. The zero-order valence-electron chi connectivity index (χ0n) is 3.61. The first kappa shape index (κ1) is 6.65. The van der Waals surface area contributed by atoms with Gasteiger partial charge in [-0.1, -0.05) is 6.92 Å². The molecule has 0 unspecified atom stereocenters. The maximum absolute atomic E-state index is 4.47. The van der Waals surface area contributed by atoms with Crippen molar-refractivity contribution in [2.45, 2.75) is 13.3 Å². The number of rotatable bonds is 3. The standard InChI is InChI=1S/C3H7IO2/c1-2-3-5-6-4/h2-3H2,1H3. The van der Waals surface area contributed by atoms with Crippen molar-refractivity contribution in [1.29, 1.82) is 0 Å². The lowest BCUT2D eigenvalue weighted by Gasteiger charge is -1.88. The molecular formula is C3H7IO2. The minimum absolute atomic E-state index is 0.683. The van der Waals surface area contributed by atoms with Crippen molar-refractivity contribution >= 4 is 23.0 Å². The summed E-state index contributed by atoms with van der Waals surface area (Å²) >= 11 is 1.69. The molecule has 0 aliphatic carbocycles. The number of hydrogen-bond acceptors (Lipinski definition) is 2. The molecule has 0 bridgehead atoms. The van der Waals surface area contributed by atoms with Crippen LogP contribution >= 0.6 is 23.0 Å². The average Bonchev–Trinajstić information content (AvgIpc) is 1.61. The van der Waals surface area contributed by atoms with Gasteiger partial charge in [0.1, 0.15) is 0 Å². The zero-order valence-corrected chi connectivity index (χ0v) is 5.77. The fourth-order valence-corrected chi connectivity index (χ4v) is 0.295. The van der Waals surface area contributed by atoms with Gasteiger partial charge in [-0.05, 0) is 6.42 Å². The summed E-state index contributed by atoms with van der Waals surface area (Å²) in [5.74, 6) is 0. The van der Waals surface area contributed by atoms with Crippen LogP contribution in [0.1, 0.15) is 13.3 Å². The molecule has 0 saturated heterocycles. The van der Waals surface area contributed by atoms with E-state index in [2.05, 4.69) is 8.10 Å². The van der Waals surface area contributed by atoms with Crippen molar-refractivity contribution in [3.05, 3.63) is 0 Å². The van der Waals surface area contributed by atoms with Gasteiger partial charge in [-0.15, -0.1) is 0 Å². The van der Waals surface area contributed by atoms with Crippen molar-refractivity contribution in [3.8, 4) is 0 Å². The van der Waals surface area contributed by atoms with E-state index in [0.29, 0.717) is 6.61 Å². The summed E-state index contributed by atoms with van der Waals surface area (Å²) in [4.78, 5) is 4.47. The lowest BCUT2D eigenvalue weighted by molar-refractivity contribution is -0.165. The van der Waals surface area contributed by atoms with Gasteiger partial charge in [-0.2, -0.15) is 3.22 Å². The van der Waals surface area contributed by atoms with E-state index >= 15 is 0 Å². The van der Waals surface area contributed by atoms with Crippen molar-refractivity contribution in [2.75, 3.05) is 6.61 Å². The summed E-state index contributed by atoms with van der Waals surface area (Å²) in [5, 5.41) is 0. The van der Waals surface area contributed by atoms with Gasteiger partial charge in [-0.3, -0.25) is 0 Å². The largest absolute Gasteiger partial charge is 0.226 e. The molecule has 0 heterocycles. The van der Waals surface area contributed by atoms with Crippen LogP contribution in [-0.4, -0.2) is 6.61 Å². The molecule has 0 aromatic heterocycles. The van der Waals surface area contributed by atoms with Gasteiger partial charge in [0, 0.05) is 0 Å². The Bertz CT molecular complexity index is 20.8. The fraction of sp³-hybridized carbons (Fsp3) is 1.00. The van der Waals surface area contributed by atoms with Crippen LogP contribution in [0.3, 0.4) is 0 Å². The van der Waals surface area contributed by atoms with E-state index in [1.165, 1.54) is 0 Å². The molecular weight excluding hydrogens is 195 g/mol. The molecule has 0 rings (SSSR count). The molecule has 0 N–H and O–H groups in total. The molecule has 0 amide bonds. The maximum atomic E-state index is 4.47. The molecule has 2 nitrogen and oxygen atoms in total. The summed E-state index contributed by atoms with van der Waals surface area (Å²) in [6.45, 7) is 2.71. The molecule has 6 heavy (non-hydrogen) atoms. The molecule has 0 radical (unpaired) electrons. The third kappa shape index (κ3) is 4.65. The molecule has 0 atom stereocenters. The summed E-state index contributed by atoms with van der Waals surface area (Å²) in [5.41, 5.74) is 0. The minimum Gasteiger partial charge on any atom is -0.226 e. The molecule has 38 valence electrons. The van der Waals surface area contributed by atoms with Crippen molar-refractivity contribution in [2.24, 2.45) is 0 Å². The first-order chi connectivity index (χ1) is 2.91. The molecule has 0 aliphatic heterocycles. The Morgan fingerprint density at radius 3 is 2.50 bits per heavy atom. The smallest absolute Gasteiger partial charge is 0.155 e. The molecule has 3 heteroatoms. The topological polar surface area (TPSA) is 18.5 Å². The van der Waals surface area contributed by atoms with Crippen LogP contribution in [-0.2, 0) is 8.10 Å². The predicted molar refractivity (Wildman–Crippen MR) is 31.3 cm³/mol. The predicted octanol–water partition coefficient (Wildman–Crippen LogP) is 1.69. The molecule has 0 saturated carbocycles. The summed E-state index contributed by atoms with van der Waals surface area (Å²) in [7, 11) is 0. The van der Waals surface area contributed by atoms with Crippen molar-refractivity contribution in [3.63, 3.8) is 0 Å². The molecule has 0 aliphatic rings. The van der Waals surface area contributed by atoms with Crippen LogP contribution in [0.25, 0.3) is 0 Å². The third-order valence-corrected chi connectivity index (χ3v) is 0.586. The van der Waals surface area contributed by atoms with Crippen LogP contribution in [0.15, 0.2) is 0 Å². The first-order valence-corrected chi connectivity index (χ1v) is 2.70. The minimum atomic E-state index is 0.683. The maximum Gasteiger partial charge on any atom is 0.155 e. The highest BCUT2D eigenvalue weighted by molar-refractivity contribution is 14.1. The van der Waals surface area contributed by atoms with Gasteiger partial charge in [0.2, 0.25) is 0 Å². The summed E-state index contributed by atoms with van der Waals surface area (Å²) < 4.78 is 4.25. The lowest BCUT2D eigenvalue weighted by Crippen LogP contribution is -1.83. The van der Waals surface area contributed by atoms with Crippen LogP contribution in [0.5, 0.6) is 0 Å². The highest BCUT2D eigenvalue weighted by atomic mass is 127. The fourth-order valence-electron chi connectivity index (χ4n) is 0.115. The Balaban J connectivity index is 2.34. The van der Waals surface area contributed by atoms with Gasteiger partial charge in [0.25, 0.3) is 0 Å². The Morgan fingerprint density at radius 2 is 2.33 bits per heavy atom. The highest BCUT2D eigenvalue weighted by Crippen LogP contribution is 1.87. The van der Waals surface area contributed by atoms with E-state index in [9.17, 15) is 0 Å². The van der Waals surface area contributed by atoms with Crippen LogP contribution in [0.2, 0.25) is 0 Å². The van der Waals surface area contributed by atoms with Gasteiger partial charge in [0.05, 0.1) is 6.61 Å². The van der Waals surface area contributed by atoms with E-state index < -0.39 is 0 Å². The van der Waals surface area contributed by atoms with E-state index in [1.807, 2.05) is 6.92 Å². The SMILES string of the molecule is CCCOOI. The van der Waals surface area contributed by atoms with E-state index in [-0.39, 0.29) is 0 Å². The van der Waals surface area contributed by atoms with Gasteiger partial charge in [-0.25, -0.2) is 4.89 Å². The van der Waals surface area contributed by atoms with E-state index in [4.69, 9.17) is 0 Å². The van der Waals surface area contributed by atoms with E-state index in [0.717, 1.165) is 6.42 Å². The van der Waals surface area contributed by atoms with Gasteiger partial charge < -0.3 is 0 Å².